The van der Waals surface area contributed by atoms with Gasteiger partial charge in [0.2, 0.25) is 0 Å². The van der Waals surface area contributed by atoms with Gasteiger partial charge in [-0.05, 0) is 47.5 Å². The third-order valence-electron chi connectivity index (χ3n) is 2.85. The van der Waals surface area contributed by atoms with Crippen molar-refractivity contribution in [2.75, 3.05) is 26.7 Å². The molecule has 0 aliphatic heterocycles. The minimum Gasteiger partial charge on any atom is -0.496 e. The molecule has 2 rings (SSSR count). The number of rotatable bonds is 4. The van der Waals surface area contributed by atoms with Crippen LogP contribution in [0.4, 0.5) is 0 Å². The molecule has 0 aliphatic carbocycles. The largest absolute Gasteiger partial charge is 0.496 e. The zero-order valence-corrected chi connectivity index (χ0v) is 12.6. The highest BCUT2D eigenvalue weighted by molar-refractivity contribution is 7.99. The van der Waals surface area contributed by atoms with E-state index in [0.29, 0.717) is 0 Å². The van der Waals surface area contributed by atoms with E-state index in [1.807, 2.05) is 0 Å². The Labute approximate surface area is 116 Å². The molecule has 0 atom stereocenters. The van der Waals surface area contributed by atoms with Crippen LogP contribution in [-0.2, 0) is 0 Å². The lowest BCUT2D eigenvalue weighted by Crippen LogP contribution is -1.89. The smallest absolute Gasteiger partial charge is 0.133 e. The van der Waals surface area contributed by atoms with Crippen LogP contribution < -0.4 is 9.47 Å². The lowest BCUT2D eigenvalue weighted by atomic mass is 10.1. The average Bonchev–Trinajstić information content (AvgIpc) is 2.43. The van der Waals surface area contributed by atoms with Gasteiger partial charge in [-0.15, -0.1) is 23.5 Å². The summed E-state index contributed by atoms with van der Waals surface area (Å²) in [6.07, 6.45) is 4.12. The number of thioether (sulfide) groups is 2. The Morgan fingerprint density at radius 1 is 0.722 bits per heavy atom. The van der Waals surface area contributed by atoms with Crippen molar-refractivity contribution in [2.24, 2.45) is 0 Å². The van der Waals surface area contributed by atoms with Gasteiger partial charge in [-0.1, -0.05) is 0 Å². The van der Waals surface area contributed by atoms with Gasteiger partial charge in [-0.3, -0.25) is 0 Å². The Bertz CT molecular complexity index is 470. The second-order valence-corrected chi connectivity index (χ2v) is 5.46. The van der Waals surface area contributed by atoms with Crippen LogP contribution in [0.5, 0.6) is 11.5 Å². The topological polar surface area (TPSA) is 18.5 Å². The average molecular weight is 280 g/mol. The second-order valence-electron chi connectivity index (χ2n) is 3.76. The predicted molar refractivity (Wildman–Crippen MR) is 80.6 cm³/mol. The zero-order chi connectivity index (χ0) is 13.1. The highest BCUT2D eigenvalue weighted by Gasteiger charge is 2.09. The van der Waals surface area contributed by atoms with E-state index in [0.717, 1.165) is 26.7 Å². The molecule has 0 heterocycles. The molecule has 0 saturated heterocycles. The van der Waals surface area contributed by atoms with E-state index in [4.69, 9.17) is 9.47 Å². The second kappa shape index (κ2) is 5.76. The molecule has 18 heavy (non-hydrogen) atoms. The van der Waals surface area contributed by atoms with E-state index in [2.05, 4.69) is 36.8 Å². The molecule has 0 N–H and O–H groups in total. The number of methoxy groups -OCH3 is 2. The Hall–Kier alpha value is -1.00. The lowest BCUT2D eigenvalue weighted by molar-refractivity contribution is 0.404. The third kappa shape index (κ3) is 2.40. The fraction of sp³-hybridized carbons (Fsp3) is 0.286. The first-order chi connectivity index (χ1) is 8.73. The van der Waals surface area contributed by atoms with Crippen molar-refractivity contribution in [3.05, 3.63) is 24.3 Å². The minimum absolute atomic E-state index is 0.911. The van der Waals surface area contributed by atoms with E-state index < -0.39 is 0 Å². The van der Waals surface area contributed by atoms with Crippen LogP contribution in [0.2, 0.25) is 0 Å². The van der Waals surface area contributed by atoms with Gasteiger partial charge in [-0.2, -0.15) is 0 Å². The van der Waals surface area contributed by atoms with Gasteiger partial charge >= 0.3 is 0 Å². The summed E-state index contributed by atoms with van der Waals surface area (Å²) in [7, 11) is 3.41. The molecular formula is C14H16O2S2. The highest BCUT2D eigenvalue weighted by Crippen LogP contribution is 2.37. The molecule has 0 amide bonds. The van der Waals surface area contributed by atoms with Crippen LogP contribution in [0, 0.1) is 0 Å². The summed E-state index contributed by atoms with van der Waals surface area (Å²) in [5.74, 6) is 1.82. The molecule has 0 radical (unpaired) electrons. The van der Waals surface area contributed by atoms with Crippen LogP contribution in [0.25, 0.3) is 10.8 Å². The molecule has 2 nitrogen and oxygen atoms in total. The van der Waals surface area contributed by atoms with Gasteiger partial charge in [0.05, 0.1) is 14.2 Å². The van der Waals surface area contributed by atoms with E-state index in [9.17, 15) is 0 Å². The van der Waals surface area contributed by atoms with Crippen LogP contribution in [0.1, 0.15) is 0 Å². The standard InChI is InChI=1S/C14H16O2S2/c1-15-11-5-9-6-12(16-2)14(18-4)8-10(9)7-13(11)17-3/h5-8H,1-4H3. The van der Waals surface area contributed by atoms with Crippen LogP contribution in [0.15, 0.2) is 34.1 Å². The number of hydrogen-bond donors (Lipinski definition) is 0. The molecule has 2 aromatic rings. The Morgan fingerprint density at radius 2 is 1.11 bits per heavy atom. The van der Waals surface area contributed by atoms with Crippen LogP contribution in [-0.4, -0.2) is 26.7 Å². The Kier molecular flexibility index (Phi) is 4.30. The molecule has 96 valence electrons. The molecule has 4 heteroatoms. The summed E-state index contributed by atoms with van der Waals surface area (Å²) in [5, 5.41) is 2.35. The van der Waals surface area contributed by atoms with E-state index >= 15 is 0 Å². The van der Waals surface area contributed by atoms with Crippen molar-refractivity contribution in [2.45, 2.75) is 9.79 Å². The molecule has 0 unspecified atom stereocenters. The maximum atomic E-state index is 5.41. The maximum absolute atomic E-state index is 5.41. The van der Waals surface area contributed by atoms with Gasteiger partial charge in [-0.25, -0.2) is 0 Å². The van der Waals surface area contributed by atoms with E-state index in [1.54, 1.807) is 37.7 Å². The van der Waals surface area contributed by atoms with Crippen molar-refractivity contribution < 1.29 is 9.47 Å². The van der Waals surface area contributed by atoms with Gasteiger partial charge in [0.25, 0.3) is 0 Å². The normalized spacial score (nSPS) is 10.7. The molecule has 0 aliphatic rings. The predicted octanol–water partition coefficient (Wildman–Crippen LogP) is 4.30. The quantitative estimate of drug-likeness (QED) is 0.777. The molecular weight excluding hydrogens is 264 g/mol. The summed E-state index contributed by atoms with van der Waals surface area (Å²) >= 11 is 3.39. The highest BCUT2D eigenvalue weighted by atomic mass is 32.2. The van der Waals surface area contributed by atoms with Crippen LogP contribution >= 0.6 is 23.5 Å². The van der Waals surface area contributed by atoms with Crippen molar-refractivity contribution in [1.82, 2.24) is 0 Å². The van der Waals surface area contributed by atoms with Crippen LogP contribution in [0.3, 0.4) is 0 Å². The SMILES string of the molecule is COc1cc2cc(OC)c(SC)cc2cc1SC. The van der Waals surface area contributed by atoms with E-state index in [-0.39, 0.29) is 0 Å². The molecule has 0 saturated carbocycles. The Morgan fingerprint density at radius 3 is 1.44 bits per heavy atom. The molecule has 2 aromatic carbocycles. The molecule has 0 spiro atoms. The first-order valence-corrected chi connectivity index (χ1v) is 7.96. The van der Waals surface area contributed by atoms with Crippen molar-refractivity contribution in [1.29, 1.82) is 0 Å². The van der Waals surface area contributed by atoms with Crippen molar-refractivity contribution in [3.63, 3.8) is 0 Å². The molecule has 0 aromatic heterocycles. The summed E-state index contributed by atoms with van der Waals surface area (Å²) in [6, 6.07) is 8.46. The summed E-state index contributed by atoms with van der Waals surface area (Å²) in [6.45, 7) is 0. The minimum atomic E-state index is 0.911. The van der Waals surface area contributed by atoms with E-state index in [1.165, 1.54) is 5.39 Å². The van der Waals surface area contributed by atoms with Crippen molar-refractivity contribution >= 4 is 34.3 Å². The summed E-state index contributed by atoms with van der Waals surface area (Å²) in [5.41, 5.74) is 0. The fourth-order valence-corrected chi connectivity index (χ4v) is 3.08. The van der Waals surface area contributed by atoms with Crippen molar-refractivity contribution in [3.8, 4) is 11.5 Å². The number of hydrogen-bond acceptors (Lipinski definition) is 4. The molecule has 0 fully saturated rings. The number of fused-ring (bicyclic) bond motifs is 1. The fourth-order valence-electron chi connectivity index (χ4n) is 1.90. The first-order valence-electron chi connectivity index (χ1n) is 5.51. The monoisotopic (exact) mass is 280 g/mol. The Balaban J connectivity index is 2.69. The lowest BCUT2D eigenvalue weighted by Gasteiger charge is -2.12. The third-order valence-corrected chi connectivity index (χ3v) is 4.36. The molecule has 0 bridgehead atoms. The summed E-state index contributed by atoms with van der Waals surface area (Å²) < 4.78 is 10.8. The maximum Gasteiger partial charge on any atom is 0.133 e. The van der Waals surface area contributed by atoms with Gasteiger partial charge in [0.15, 0.2) is 0 Å². The van der Waals surface area contributed by atoms with Gasteiger partial charge < -0.3 is 9.47 Å². The first kappa shape index (κ1) is 13.4. The zero-order valence-electron chi connectivity index (χ0n) is 10.9. The number of benzene rings is 2. The van der Waals surface area contributed by atoms with Gasteiger partial charge in [0, 0.05) is 9.79 Å². The summed E-state index contributed by atoms with van der Waals surface area (Å²) in [4.78, 5) is 2.31. The number of ether oxygens (including phenoxy) is 2. The van der Waals surface area contributed by atoms with Gasteiger partial charge in [0.1, 0.15) is 11.5 Å².